The van der Waals surface area contributed by atoms with Crippen LogP contribution in [0, 0.1) is 0 Å². The first kappa shape index (κ1) is 16.9. The Labute approximate surface area is 158 Å². The van der Waals surface area contributed by atoms with Gasteiger partial charge in [0.15, 0.2) is 0 Å². The molecular formula is C20H16F2N4O2. The van der Waals surface area contributed by atoms with Crippen LogP contribution < -0.4 is 5.32 Å². The van der Waals surface area contributed by atoms with Crippen LogP contribution in [0.25, 0.3) is 11.0 Å². The third-order valence-corrected chi connectivity index (χ3v) is 5.59. The fraction of sp³-hybridized carbons (Fsp3) is 0.250. The molecule has 3 amide bonds. The lowest BCUT2D eigenvalue weighted by Crippen LogP contribution is -2.41. The first-order valence-corrected chi connectivity index (χ1v) is 8.98. The van der Waals surface area contributed by atoms with Crippen molar-refractivity contribution in [1.82, 2.24) is 19.8 Å². The number of nitrogens with zero attached hydrogens (tertiary/aromatic N) is 3. The number of para-hydroxylation sites is 2. The van der Waals surface area contributed by atoms with Gasteiger partial charge < -0.3 is 5.32 Å². The van der Waals surface area contributed by atoms with E-state index >= 15 is 0 Å². The zero-order valence-electron chi connectivity index (χ0n) is 14.7. The number of carbonyl (C=O) groups is 2. The molecule has 0 radical (unpaired) electrons. The molecule has 1 aliphatic heterocycles. The van der Waals surface area contributed by atoms with Crippen molar-refractivity contribution in [2.24, 2.45) is 0 Å². The minimum atomic E-state index is -2.83. The summed E-state index contributed by atoms with van der Waals surface area (Å²) in [5.74, 6) is -0.446. The highest BCUT2D eigenvalue weighted by Gasteiger charge is 2.55. The van der Waals surface area contributed by atoms with Crippen molar-refractivity contribution >= 4 is 23.0 Å². The van der Waals surface area contributed by atoms with E-state index in [0.717, 1.165) is 20.6 Å². The number of alkyl halides is 2. The van der Waals surface area contributed by atoms with Crippen LogP contribution in [0.4, 0.5) is 13.6 Å². The highest BCUT2D eigenvalue weighted by Crippen LogP contribution is 2.41. The highest BCUT2D eigenvalue weighted by molar-refractivity contribution is 6.08. The van der Waals surface area contributed by atoms with Gasteiger partial charge in [0.05, 0.1) is 17.6 Å². The number of benzene rings is 2. The Morgan fingerprint density at radius 1 is 1.11 bits per heavy atom. The first-order chi connectivity index (χ1) is 13.5. The summed E-state index contributed by atoms with van der Waals surface area (Å²) in [5.41, 5.74) is 1.33. The van der Waals surface area contributed by atoms with Crippen molar-refractivity contribution in [2.45, 2.75) is 31.5 Å². The van der Waals surface area contributed by atoms with Gasteiger partial charge in [0.2, 0.25) is 0 Å². The summed E-state index contributed by atoms with van der Waals surface area (Å²) in [6, 6.07) is 13.4. The minimum absolute atomic E-state index is 0.0250. The molecule has 1 saturated heterocycles. The summed E-state index contributed by atoms with van der Waals surface area (Å²) in [6.45, 7) is -3.14. The van der Waals surface area contributed by atoms with E-state index in [1.165, 1.54) is 0 Å². The lowest BCUT2D eigenvalue weighted by Gasteiger charge is -2.22. The lowest BCUT2D eigenvalue weighted by molar-refractivity contribution is -0.132. The van der Waals surface area contributed by atoms with E-state index in [0.29, 0.717) is 18.4 Å². The van der Waals surface area contributed by atoms with E-state index in [2.05, 4.69) is 10.3 Å². The number of urea groups is 1. The molecule has 2 heterocycles. The van der Waals surface area contributed by atoms with Crippen molar-refractivity contribution in [3.63, 3.8) is 0 Å². The Hall–Kier alpha value is -3.29. The number of halogens is 2. The smallest absolute Gasteiger partial charge is 0.319 e. The van der Waals surface area contributed by atoms with Crippen molar-refractivity contribution < 1.29 is 18.4 Å². The average molecular weight is 382 g/mol. The van der Waals surface area contributed by atoms with Gasteiger partial charge in [-0.25, -0.2) is 9.78 Å². The van der Waals surface area contributed by atoms with Crippen molar-refractivity contribution in [1.29, 1.82) is 0 Å². The van der Waals surface area contributed by atoms with E-state index < -0.39 is 24.0 Å². The fourth-order valence-electron chi connectivity index (χ4n) is 4.30. The second kappa shape index (κ2) is 5.85. The minimum Gasteiger partial charge on any atom is -0.319 e. The Morgan fingerprint density at radius 3 is 2.68 bits per heavy atom. The molecule has 1 atom stereocenters. The van der Waals surface area contributed by atoms with Gasteiger partial charge in [-0.15, -0.1) is 0 Å². The number of hydrogen-bond donors (Lipinski definition) is 1. The quantitative estimate of drug-likeness (QED) is 0.707. The molecule has 5 rings (SSSR count). The fourth-order valence-corrected chi connectivity index (χ4v) is 4.30. The number of imide groups is 1. The summed E-state index contributed by atoms with van der Waals surface area (Å²) in [6.07, 6.45) is 1.13. The van der Waals surface area contributed by atoms with Gasteiger partial charge in [-0.3, -0.25) is 14.3 Å². The molecule has 1 aromatic heterocycles. The van der Waals surface area contributed by atoms with Crippen LogP contribution in [0.15, 0.2) is 48.5 Å². The number of carbonyl (C=O) groups excluding carboxylic acids is 2. The van der Waals surface area contributed by atoms with Crippen molar-refractivity contribution in [3.8, 4) is 0 Å². The number of hydrogen-bond acceptors (Lipinski definition) is 3. The molecular weight excluding hydrogens is 366 g/mol. The number of imidazole rings is 1. The molecule has 142 valence electrons. The standard InChI is InChI=1S/C20H16F2N4O2/c21-18(22)26-15-8-4-3-7-14(15)23-16(26)11-25-17(27)20(24-19(25)28)10-9-12-5-1-2-6-13(12)20/h1-8,18H,9-11H2,(H,24,28)/t20-/m1/s1. The van der Waals surface area contributed by atoms with E-state index in [-0.39, 0.29) is 17.9 Å². The number of rotatable bonds is 3. The zero-order chi connectivity index (χ0) is 19.5. The van der Waals surface area contributed by atoms with E-state index in [4.69, 9.17) is 0 Å². The molecule has 28 heavy (non-hydrogen) atoms. The highest BCUT2D eigenvalue weighted by atomic mass is 19.3. The van der Waals surface area contributed by atoms with Crippen LogP contribution in [0.5, 0.6) is 0 Å². The molecule has 1 N–H and O–H groups in total. The topological polar surface area (TPSA) is 67.2 Å². The SMILES string of the molecule is O=C1N[C@@]2(CCc3ccccc32)C(=O)N1Cc1nc2ccccc2n1C(F)F. The van der Waals surface area contributed by atoms with Crippen LogP contribution in [0.2, 0.25) is 0 Å². The van der Waals surface area contributed by atoms with Gasteiger partial charge in [0.25, 0.3) is 5.91 Å². The molecule has 1 spiro atoms. The van der Waals surface area contributed by atoms with E-state index in [1.54, 1.807) is 24.3 Å². The van der Waals surface area contributed by atoms with Crippen LogP contribution in [0.3, 0.4) is 0 Å². The summed E-state index contributed by atoms with van der Waals surface area (Å²) >= 11 is 0. The van der Waals surface area contributed by atoms with Crippen molar-refractivity contribution in [2.75, 3.05) is 0 Å². The van der Waals surface area contributed by atoms with E-state index in [9.17, 15) is 18.4 Å². The van der Waals surface area contributed by atoms with Crippen LogP contribution in [-0.4, -0.2) is 26.4 Å². The third-order valence-electron chi connectivity index (χ3n) is 5.59. The van der Waals surface area contributed by atoms with Gasteiger partial charge in [-0.05, 0) is 36.1 Å². The second-order valence-electron chi connectivity index (χ2n) is 7.05. The Morgan fingerprint density at radius 2 is 1.86 bits per heavy atom. The predicted molar refractivity (Wildman–Crippen MR) is 96.5 cm³/mol. The second-order valence-corrected chi connectivity index (χ2v) is 7.05. The van der Waals surface area contributed by atoms with Gasteiger partial charge in [0, 0.05) is 0 Å². The molecule has 8 heteroatoms. The number of amides is 3. The summed E-state index contributed by atoms with van der Waals surface area (Å²) < 4.78 is 28.1. The largest absolute Gasteiger partial charge is 0.325 e. The number of fused-ring (bicyclic) bond motifs is 3. The molecule has 0 unspecified atom stereocenters. The van der Waals surface area contributed by atoms with Gasteiger partial charge >= 0.3 is 12.6 Å². The van der Waals surface area contributed by atoms with Gasteiger partial charge in [-0.1, -0.05) is 36.4 Å². The van der Waals surface area contributed by atoms with Gasteiger partial charge in [-0.2, -0.15) is 8.78 Å². The molecule has 3 aromatic rings. The first-order valence-electron chi connectivity index (χ1n) is 8.98. The predicted octanol–water partition coefficient (Wildman–Crippen LogP) is 3.32. The summed E-state index contributed by atoms with van der Waals surface area (Å²) in [7, 11) is 0. The molecule has 2 aliphatic rings. The van der Waals surface area contributed by atoms with Crippen LogP contribution in [-0.2, 0) is 23.3 Å². The molecule has 6 nitrogen and oxygen atoms in total. The van der Waals surface area contributed by atoms with Crippen LogP contribution in [0.1, 0.15) is 29.9 Å². The number of nitrogens with one attached hydrogen (secondary N) is 1. The van der Waals surface area contributed by atoms with Crippen molar-refractivity contribution in [3.05, 3.63) is 65.5 Å². The zero-order valence-corrected chi connectivity index (χ0v) is 14.7. The Kier molecular flexibility index (Phi) is 3.52. The van der Waals surface area contributed by atoms with Gasteiger partial charge in [0.1, 0.15) is 11.4 Å². The maximum Gasteiger partial charge on any atom is 0.325 e. The lowest BCUT2D eigenvalue weighted by atomic mass is 9.92. The maximum absolute atomic E-state index is 13.7. The Bertz CT molecular complexity index is 1130. The normalized spacial score (nSPS) is 21.2. The molecule has 2 aromatic carbocycles. The average Bonchev–Trinajstić information content (AvgIpc) is 3.31. The third kappa shape index (κ3) is 2.20. The molecule has 0 bridgehead atoms. The summed E-state index contributed by atoms with van der Waals surface area (Å²) in [5, 5.41) is 2.80. The number of aryl methyl sites for hydroxylation is 1. The summed E-state index contributed by atoms with van der Waals surface area (Å²) in [4.78, 5) is 31.1. The molecule has 1 aliphatic carbocycles. The molecule has 1 fully saturated rings. The monoisotopic (exact) mass is 382 g/mol. The maximum atomic E-state index is 13.7. The Balaban J connectivity index is 1.54. The number of aromatic nitrogens is 2. The molecule has 0 saturated carbocycles. The van der Waals surface area contributed by atoms with Crippen LogP contribution >= 0.6 is 0 Å². The van der Waals surface area contributed by atoms with E-state index in [1.807, 2.05) is 24.3 Å².